The predicted molar refractivity (Wildman–Crippen MR) is 59.1 cm³/mol. The topological polar surface area (TPSA) is 26.3 Å². The maximum atomic E-state index is 11.6. The highest BCUT2D eigenvalue weighted by molar-refractivity contribution is 7.45. The zero-order chi connectivity index (χ0) is 10.5. The standard InChI is InChI=1S/C10H23O2P/c1-6-9(4)12-10(7-2,8-3)13(5)11/h9,13H,6-8H2,1-5H3. The molecule has 0 aromatic carbocycles. The highest BCUT2D eigenvalue weighted by Gasteiger charge is 2.32. The first-order valence-electron chi connectivity index (χ1n) is 5.21. The van der Waals surface area contributed by atoms with E-state index in [0.29, 0.717) is 0 Å². The first-order chi connectivity index (χ1) is 6.02. The molecular weight excluding hydrogens is 183 g/mol. The van der Waals surface area contributed by atoms with E-state index < -0.39 is 7.80 Å². The molecule has 80 valence electrons. The molecule has 0 amide bonds. The number of ether oxygens (including phenoxy) is 1. The predicted octanol–water partition coefficient (Wildman–Crippen LogP) is 3.51. The lowest BCUT2D eigenvalue weighted by Crippen LogP contribution is -2.30. The SMILES string of the molecule is CCC(C)OC(CC)(CC)[PH](C)=O. The average Bonchev–Trinajstić information content (AvgIpc) is 2.13. The fourth-order valence-corrected chi connectivity index (χ4v) is 2.83. The molecular formula is C10H23O2P. The Balaban J connectivity index is 4.48. The Hall–Kier alpha value is 0.190. The summed E-state index contributed by atoms with van der Waals surface area (Å²) < 4.78 is 17.5. The van der Waals surface area contributed by atoms with Gasteiger partial charge in [-0.15, -0.1) is 0 Å². The van der Waals surface area contributed by atoms with E-state index in [9.17, 15) is 4.57 Å². The summed E-state index contributed by atoms with van der Waals surface area (Å²) in [5, 5.41) is -0.347. The molecule has 2 atom stereocenters. The molecule has 0 fully saturated rings. The van der Waals surface area contributed by atoms with Crippen LogP contribution in [0.5, 0.6) is 0 Å². The molecule has 0 aliphatic heterocycles. The van der Waals surface area contributed by atoms with Crippen LogP contribution in [0.15, 0.2) is 0 Å². The monoisotopic (exact) mass is 206 g/mol. The lowest BCUT2D eigenvalue weighted by Gasteiger charge is -2.33. The minimum Gasteiger partial charge on any atom is -0.365 e. The van der Waals surface area contributed by atoms with Gasteiger partial charge in [0.25, 0.3) is 0 Å². The molecule has 0 rings (SSSR count). The van der Waals surface area contributed by atoms with Gasteiger partial charge in [0.05, 0.1) is 6.10 Å². The van der Waals surface area contributed by atoms with Crippen LogP contribution < -0.4 is 0 Å². The van der Waals surface area contributed by atoms with Crippen LogP contribution in [0.25, 0.3) is 0 Å². The van der Waals surface area contributed by atoms with Gasteiger partial charge in [-0.2, -0.15) is 0 Å². The Morgan fingerprint density at radius 1 is 1.31 bits per heavy atom. The molecule has 0 bridgehead atoms. The van der Waals surface area contributed by atoms with Gasteiger partial charge in [0.1, 0.15) is 13.1 Å². The summed E-state index contributed by atoms with van der Waals surface area (Å²) in [6, 6.07) is 0. The van der Waals surface area contributed by atoms with Gasteiger partial charge in [-0.05, 0) is 32.9 Å². The maximum absolute atomic E-state index is 11.6. The van der Waals surface area contributed by atoms with Crippen LogP contribution in [0.3, 0.4) is 0 Å². The van der Waals surface area contributed by atoms with Gasteiger partial charge < -0.3 is 9.30 Å². The highest BCUT2D eigenvalue weighted by Crippen LogP contribution is 2.43. The van der Waals surface area contributed by atoms with E-state index in [1.54, 1.807) is 6.66 Å². The average molecular weight is 206 g/mol. The smallest absolute Gasteiger partial charge is 0.118 e. The van der Waals surface area contributed by atoms with Crippen molar-refractivity contribution in [2.24, 2.45) is 0 Å². The van der Waals surface area contributed by atoms with E-state index in [4.69, 9.17) is 4.74 Å². The summed E-state index contributed by atoms with van der Waals surface area (Å²) in [6.45, 7) is 10.1. The zero-order valence-corrected chi connectivity index (χ0v) is 10.5. The van der Waals surface area contributed by atoms with Gasteiger partial charge >= 0.3 is 0 Å². The van der Waals surface area contributed by atoms with Crippen molar-refractivity contribution in [3.8, 4) is 0 Å². The van der Waals surface area contributed by atoms with Crippen LogP contribution in [0.1, 0.15) is 47.0 Å². The summed E-state index contributed by atoms with van der Waals surface area (Å²) in [5.41, 5.74) is 0. The van der Waals surface area contributed by atoms with Crippen LogP contribution in [0.4, 0.5) is 0 Å². The zero-order valence-electron chi connectivity index (χ0n) is 9.52. The van der Waals surface area contributed by atoms with Crippen molar-refractivity contribution in [3.05, 3.63) is 0 Å². The Morgan fingerprint density at radius 2 is 1.77 bits per heavy atom. The van der Waals surface area contributed by atoms with Crippen molar-refractivity contribution in [3.63, 3.8) is 0 Å². The maximum Gasteiger partial charge on any atom is 0.118 e. The van der Waals surface area contributed by atoms with E-state index in [1.165, 1.54) is 0 Å². The van der Waals surface area contributed by atoms with Crippen molar-refractivity contribution < 1.29 is 9.30 Å². The van der Waals surface area contributed by atoms with E-state index in [0.717, 1.165) is 19.3 Å². The van der Waals surface area contributed by atoms with E-state index >= 15 is 0 Å². The van der Waals surface area contributed by atoms with Gasteiger partial charge in [-0.1, -0.05) is 20.8 Å². The largest absolute Gasteiger partial charge is 0.365 e. The third-order valence-electron chi connectivity index (χ3n) is 2.79. The van der Waals surface area contributed by atoms with Crippen molar-refractivity contribution in [2.75, 3.05) is 6.66 Å². The minimum atomic E-state index is -1.61. The third kappa shape index (κ3) is 3.44. The molecule has 0 aromatic heterocycles. The van der Waals surface area contributed by atoms with Gasteiger partial charge in [-0.25, -0.2) is 0 Å². The summed E-state index contributed by atoms with van der Waals surface area (Å²) in [6.07, 6.45) is 2.90. The van der Waals surface area contributed by atoms with Crippen molar-refractivity contribution in [1.29, 1.82) is 0 Å². The Bertz CT molecular complexity index is 164. The number of hydrogen-bond donors (Lipinski definition) is 0. The lowest BCUT2D eigenvalue weighted by atomic mass is 10.2. The van der Waals surface area contributed by atoms with Gasteiger partial charge in [0.15, 0.2) is 0 Å². The molecule has 3 heteroatoms. The van der Waals surface area contributed by atoms with Crippen LogP contribution in [0.2, 0.25) is 0 Å². The van der Waals surface area contributed by atoms with Gasteiger partial charge in [0, 0.05) is 0 Å². The molecule has 2 unspecified atom stereocenters. The Kier molecular flexibility index (Phi) is 5.91. The minimum absolute atomic E-state index is 0.216. The molecule has 0 aliphatic rings. The highest BCUT2D eigenvalue weighted by atomic mass is 31.1. The first-order valence-corrected chi connectivity index (χ1v) is 7.12. The second-order valence-electron chi connectivity index (χ2n) is 3.59. The quantitative estimate of drug-likeness (QED) is 0.622. The molecule has 0 heterocycles. The molecule has 0 radical (unpaired) electrons. The first kappa shape index (κ1) is 13.2. The molecule has 0 saturated carbocycles. The number of hydrogen-bond acceptors (Lipinski definition) is 2. The second kappa shape index (κ2) is 5.82. The lowest BCUT2D eigenvalue weighted by molar-refractivity contribution is -0.0369. The molecule has 13 heavy (non-hydrogen) atoms. The summed E-state index contributed by atoms with van der Waals surface area (Å²) >= 11 is 0. The molecule has 0 N–H and O–H groups in total. The fourth-order valence-electron chi connectivity index (χ4n) is 1.47. The Labute approximate surface area is 82.8 Å². The van der Waals surface area contributed by atoms with E-state index in [2.05, 4.69) is 20.8 Å². The van der Waals surface area contributed by atoms with Crippen molar-refractivity contribution >= 4 is 7.80 Å². The molecule has 2 nitrogen and oxygen atoms in total. The van der Waals surface area contributed by atoms with Crippen LogP contribution in [-0.4, -0.2) is 18.1 Å². The van der Waals surface area contributed by atoms with Crippen molar-refractivity contribution in [2.45, 2.75) is 58.4 Å². The van der Waals surface area contributed by atoms with Gasteiger partial charge in [-0.3, -0.25) is 0 Å². The van der Waals surface area contributed by atoms with Crippen LogP contribution in [0, 0.1) is 0 Å². The van der Waals surface area contributed by atoms with Crippen molar-refractivity contribution in [1.82, 2.24) is 0 Å². The Morgan fingerprint density at radius 3 is 2.00 bits per heavy atom. The third-order valence-corrected chi connectivity index (χ3v) is 4.89. The number of rotatable bonds is 6. The van der Waals surface area contributed by atoms with Gasteiger partial charge in [0.2, 0.25) is 0 Å². The summed E-state index contributed by atoms with van der Waals surface area (Å²) in [7, 11) is -1.61. The summed E-state index contributed by atoms with van der Waals surface area (Å²) in [5.74, 6) is 0. The molecule has 0 saturated heterocycles. The molecule has 0 spiro atoms. The fraction of sp³-hybridized carbons (Fsp3) is 1.00. The van der Waals surface area contributed by atoms with Crippen LogP contribution >= 0.6 is 7.80 Å². The van der Waals surface area contributed by atoms with Crippen LogP contribution in [-0.2, 0) is 9.30 Å². The van der Waals surface area contributed by atoms with E-state index in [1.807, 2.05) is 6.92 Å². The second-order valence-corrected chi connectivity index (χ2v) is 5.62. The molecule has 0 aromatic rings. The summed E-state index contributed by atoms with van der Waals surface area (Å²) in [4.78, 5) is 0. The normalized spacial score (nSPS) is 17.0. The molecule has 0 aliphatic carbocycles. The van der Waals surface area contributed by atoms with E-state index in [-0.39, 0.29) is 11.4 Å².